The zero-order valence-corrected chi connectivity index (χ0v) is 19.9. The van der Waals surface area contributed by atoms with E-state index in [4.69, 9.17) is 14.2 Å². The van der Waals surface area contributed by atoms with Crippen molar-refractivity contribution in [1.82, 2.24) is 4.72 Å². The van der Waals surface area contributed by atoms with Gasteiger partial charge in [-0.1, -0.05) is 42.5 Å². The van der Waals surface area contributed by atoms with Crippen molar-refractivity contribution in [2.45, 2.75) is 17.5 Å². The number of hydrogen-bond donors (Lipinski definition) is 1. The number of carbonyl (C=O) groups excluding carboxylic acids is 2. The summed E-state index contributed by atoms with van der Waals surface area (Å²) in [6.07, 6.45) is -1.02. The van der Waals surface area contributed by atoms with E-state index in [1.165, 1.54) is 37.3 Å². The highest BCUT2D eigenvalue weighted by molar-refractivity contribution is 7.89. The number of sulfonamides is 1. The Labute approximate surface area is 203 Å². The molecule has 0 aromatic heterocycles. The van der Waals surface area contributed by atoms with E-state index < -0.39 is 28.0 Å². The third-order valence-corrected chi connectivity index (χ3v) is 6.91. The van der Waals surface area contributed by atoms with Gasteiger partial charge in [0.2, 0.25) is 16.1 Å². The number of rotatable bonds is 7. The lowest BCUT2D eigenvalue weighted by Crippen LogP contribution is -2.47. The first-order chi connectivity index (χ1) is 16.8. The molecule has 0 bridgehead atoms. The van der Waals surface area contributed by atoms with E-state index in [1.807, 2.05) is 18.2 Å². The Balaban J connectivity index is 1.67. The van der Waals surface area contributed by atoms with Crippen LogP contribution in [0.25, 0.3) is 0 Å². The highest BCUT2D eigenvalue weighted by atomic mass is 32.2. The van der Waals surface area contributed by atoms with E-state index in [0.29, 0.717) is 11.4 Å². The fourth-order valence-electron chi connectivity index (χ4n) is 3.71. The molecule has 9 nitrogen and oxygen atoms in total. The Morgan fingerprint density at radius 2 is 1.74 bits per heavy atom. The van der Waals surface area contributed by atoms with Crippen molar-refractivity contribution < 1.29 is 32.2 Å². The van der Waals surface area contributed by atoms with Crippen LogP contribution in [0.4, 0.5) is 5.69 Å². The van der Waals surface area contributed by atoms with Crippen LogP contribution in [0.15, 0.2) is 77.7 Å². The van der Waals surface area contributed by atoms with Crippen LogP contribution in [0.3, 0.4) is 0 Å². The van der Waals surface area contributed by atoms with E-state index in [9.17, 15) is 18.0 Å². The molecule has 35 heavy (non-hydrogen) atoms. The van der Waals surface area contributed by atoms with Crippen molar-refractivity contribution in [1.29, 1.82) is 0 Å². The van der Waals surface area contributed by atoms with Gasteiger partial charge in [-0.2, -0.15) is 0 Å². The smallest absolute Gasteiger partial charge is 0.348 e. The molecule has 1 N–H and O–H groups in total. The molecule has 1 aliphatic heterocycles. The molecule has 1 heterocycles. The van der Waals surface area contributed by atoms with Gasteiger partial charge in [-0.3, -0.25) is 4.79 Å². The maximum Gasteiger partial charge on any atom is 0.348 e. The van der Waals surface area contributed by atoms with Crippen molar-refractivity contribution in [2.75, 3.05) is 25.7 Å². The molecule has 0 spiro atoms. The third kappa shape index (κ3) is 5.13. The summed E-state index contributed by atoms with van der Waals surface area (Å²) in [6, 6.07) is 20.0. The molecule has 1 atom stereocenters. The summed E-state index contributed by atoms with van der Waals surface area (Å²) in [5.41, 5.74) is 1.34. The zero-order chi connectivity index (χ0) is 25.0. The van der Waals surface area contributed by atoms with Crippen LogP contribution in [0.1, 0.15) is 15.9 Å². The second-order valence-corrected chi connectivity index (χ2v) is 9.42. The lowest BCUT2D eigenvalue weighted by atomic mass is 10.1. The quantitative estimate of drug-likeness (QED) is 0.501. The molecule has 10 heteroatoms. The standard InChI is InChI=1S/C25H24N2O7S/c1-32-21-13-12-18(14-23(21)35(30,31)26-15-17-8-4-3-5-9-17)24(28)27-16-22(25(29)33-2)34-20-11-7-6-10-19(20)27/h3-14,22,26H,15-16H2,1-2H3/t22-/m0/s1. The number of methoxy groups -OCH3 is 2. The van der Waals surface area contributed by atoms with Gasteiger partial charge in [-0.15, -0.1) is 0 Å². The summed E-state index contributed by atoms with van der Waals surface area (Å²) >= 11 is 0. The SMILES string of the molecule is COC(=O)[C@@H]1CN(C(=O)c2ccc(OC)c(S(=O)(=O)NCc3ccccc3)c2)c2ccccc2O1. The molecular formula is C25H24N2O7S. The van der Waals surface area contributed by atoms with Crippen molar-refractivity contribution in [2.24, 2.45) is 0 Å². The van der Waals surface area contributed by atoms with Crippen LogP contribution in [-0.2, 0) is 26.1 Å². The number of para-hydroxylation sites is 2. The van der Waals surface area contributed by atoms with Gasteiger partial charge in [-0.05, 0) is 35.9 Å². The van der Waals surface area contributed by atoms with E-state index in [1.54, 1.807) is 36.4 Å². The lowest BCUT2D eigenvalue weighted by Gasteiger charge is -2.33. The largest absolute Gasteiger partial charge is 0.495 e. The number of nitrogens with one attached hydrogen (secondary N) is 1. The fraction of sp³-hybridized carbons (Fsp3) is 0.200. The number of anilines is 1. The molecule has 0 saturated heterocycles. The minimum atomic E-state index is -4.02. The molecule has 182 valence electrons. The first-order valence-corrected chi connectivity index (χ1v) is 12.2. The maximum absolute atomic E-state index is 13.5. The molecule has 3 aromatic rings. The van der Waals surface area contributed by atoms with Crippen LogP contribution in [-0.4, -0.2) is 47.2 Å². The summed E-state index contributed by atoms with van der Waals surface area (Å²) in [4.78, 5) is 26.9. The maximum atomic E-state index is 13.5. The number of ether oxygens (including phenoxy) is 3. The predicted molar refractivity (Wildman–Crippen MR) is 128 cm³/mol. The second-order valence-electron chi connectivity index (χ2n) is 7.69. The average molecular weight is 497 g/mol. The van der Waals surface area contributed by atoms with Gasteiger partial charge in [0.15, 0.2) is 0 Å². The minimum absolute atomic E-state index is 0.0716. The summed E-state index contributed by atoms with van der Waals surface area (Å²) < 4.78 is 44.5. The molecule has 0 aliphatic carbocycles. The van der Waals surface area contributed by atoms with Gasteiger partial charge in [-0.25, -0.2) is 17.9 Å². The van der Waals surface area contributed by atoms with Crippen molar-refractivity contribution in [3.8, 4) is 11.5 Å². The summed E-state index contributed by atoms with van der Waals surface area (Å²) in [7, 11) is -1.43. The first kappa shape index (κ1) is 24.2. The van der Waals surface area contributed by atoms with Gasteiger partial charge < -0.3 is 19.1 Å². The Bertz CT molecular complexity index is 1340. The molecule has 4 rings (SSSR count). The van der Waals surface area contributed by atoms with Gasteiger partial charge >= 0.3 is 5.97 Å². The Morgan fingerprint density at radius 1 is 1.03 bits per heavy atom. The highest BCUT2D eigenvalue weighted by Crippen LogP contribution is 2.35. The first-order valence-electron chi connectivity index (χ1n) is 10.7. The van der Waals surface area contributed by atoms with E-state index in [2.05, 4.69) is 4.72 Å². The average Bonchev–Trinajstić information content (AvgIpc) is 2.90. The van der Waals surface area contributed by atoms with Gasteiger partial charge in [0.05, 0.1) is 26.5 Å². The summed E-state index contributed by atoms with van der Waals surface area (Å²) in [6.45, 7) is -0.0228. The molecule has 3 aromatic carbocycles. The summed E-state index contributed by atoms with van der Waals surface area (Å²) in [5.74, 6) is -0.692. The molecular weight excluding hydrogens is 472 g/mol. The fourth-order valence-corrected chi connectivity index (χ4v) is 4.92. The monoisotopic (exact) mass is 496 g/mol. The number of carbonyl (C=O) groups is 2. The number of esters is 1. The summed E-state index contributed by atoms with van der Waals surface area (Å²) in [5, 5.41) is 0. The van der Waals surface area contributed by atoms with Crippen LogP contribution < -0.4 is 19.1 Å². The van der Waals surface area contributed by atoms with Crippen LogP contribution in [0.5, 0.6) is 11.5 Å². The Morgan fingerprint density at radius 3 is 2.46 bits per heavy atom. The minimum Gasteiger partial charge on any atom is -0.495 e. The number of benzene rings is 3. The molecule has 1 aliphatic rings. The van der Waals surface area contributed by atoms with Crippen LogP contribution in [0, 0.1) is 0 Å². The molecule has 0 saturated carbocycles. The Hall–Kier alpha value is -3.89. The van der Waals surface area contributed by atoms with E-state index in [-0.39, 0.29) is 29.3 Å². The topological polar surface area (TPSA) is 111 Å². The van der Waals surface area contributed by atoms with Gasteiger partial charge in [0.1, 0.15) is 16.4 Å². The molecule has 0 fully saturated rings. The number of amides is 1. The van der Waals surface area contributed by atoms with Crippen LogP contribution >= 0.6 is 0 Å². The highest BCUT2D eigenvalue weighted by Gasteiger charge is 2.35. The molecule has 1 amide bonds. The third-order valence-electron chi connectivity index (χ3n) is 5.49. The number of nitrogens with zero attached hydrogens (tertiary/aromatic N) is 1. The predicted octanol–water partition coefficient (Wildman–Crippen LogP) is 2.75. The van der Waals surface area contributed by atoms with Crippen molar-refractivity contribution >= 4 is 27.6 Å². The lowest BCUT2D eigenvalue weighted by molar-refractivity contribution is -0.148. The Kier molecular flexibility index (Phi) is 7.04. The zero-order valence-electron chi connectivity index (χ0n) is 19.1. The second kappa shape index (κ2) is 10.2. The van der Waals surface area contributed by atoms with Crippen LogP contribution in [0.2, 0.25) is 0 Å². The number of fused-ring (bicyclic) bond motifs is 1. The van der Waals surface area contributed by atoms with Crippen molar-refractivity contribution in [3.63, 3.8) is 0 Å². The van der Waals surface area contributed by atoms with E-state index in [0.717, 1.165) is 5.56 Å². The van der Waals surface area contributed by atoms with Gasteiger partial charge in [0, 0.05) is 12.1 Å². The van der Waals surface area contributed by atoms with Gasteiger partial charge in [0.25, 0.3) is 5.91 Å². The number of hydrogen-bond acceptors (Lipinski definition) is 7. The van der Waals surface area contributed by atoms with Crippen molar-refractivity contribution in [3.05, 3.63) is 83.9 Å². The molecule has 0 radical (unpaired) electrons. The van der Waals surface area contributed by atoms with E-state index >= 15 is 0 Å². The molecule has 0 unspecified atom stereocenters. The normalized spacial score (nSPS) is 15.0.